The topological polar surface area (TPSA) is 59.9 Å². The molecule has 0 aromatic heterocycles. The number of hydrogen-bond acceptors (Lipinski definition) is 4. The Morgan fingerprint density at radius 1 is 0.893 bits per heavy atom. The van der Waals surface area contributed by atoms with Gasteiger partial charge in [-0.25, -0.2) is 5.43 Å². The lowest BCUT2D eigenvalue weighted by molar-refractivity contribution is -0.121. The first-order chi connectivity index (χ1) is 13.7. The number of carbonyl (C=O) groups excluding carboxylic acids is 1. The van der Waals surface area contributed by atoms with Gasteiger partial charge in [0.15, 0.2) is 11.5 Å². The molecule has 0 atom stereocenters. The number of hydrogen-bond donors (Lipinski definition) is 1. The summed E-state index contributed by atoms with van der Waals surface area (Å²) in [6, 6.07) is 5.49. The zero-order valence-corrected chi connectivity index (χ0v) is 18.0. The Balaban J connectivity index is 2.07. The molecule has 0 aliphatic heterocycles. The van der Waals surface area contributed by atoms with Gasteiger partial charge in [0.1, 0.15) is 0 Å². The molecule has 0 saturated carbocycles. The van der Waals surface area contributed by atoms with Crippen molar-refractivity contribution in [1.29, 1.82) is 0 Å². The molecule has 0 unspecified atom stereocenters. The number of rotatable bonds is 16. The molecule has 0 aliphatic carbocycles. The first-order valence-corrected chi connectivity index (χ1v) is 10.7. The van der Waals surface area contributed by atoms with Crippen LogP contribution in [0.3, 0.4) is 0 Å². The highest BCUT2D eigenvalue weighted by Gasteiger charge is 2.03. The molecule has 0 heterocycles. The molecule has 0 saturated heterocycles. The molecule has 0 radical (unpaired) electrons. The molecule has 0 bridgehead atoms. The summed E-state index contributed by atoms with van der Waals surface area (Å²) < 4.78 is 10.5. The Hall–Kier alpha value is -2.04. The Bertz CT molecular complexity index is 573. The molecule has 5 heteroatoms. The number of methoxy groups -OCH3 is 2. The number of benzene rings is 1. The number of amides is 1. The lowest BCUT2D eigenvalue weighted by Gasteiger charge is -2.07. The summed E-state index contributed by atoms with van der Waals surface area (Å²) in [4.78, 5) is 11.8. The van der Waals surface area contributed by atoms with E-state index in [1.54, 1.807) is 20.4 Å². The minimum absolute atomic E-state index is 0.0346. The average molecular weight is 391 g/mol. The highest BCUT2D eigenvalue weighted by molar-refractivity contribution is 5.83. The molecule has 5 nitrogen and oxygen atoms in total. The summed E-state index contributed by atoms with van der Waals surface area (Å²) in [5, 5.41) is 4.02. The third kappa shape index (κ3) is 11.0. The number of ether oxygens (including phenoxy) is 2. The fourth-order valence-electron chi connectivity index (χ4n) is 3.12. The third-order valence-electron chi connectivity index (χ3n) is 4.82. The molecule has 28 heavy (non-hydrogen) atoms. The van der Waals surface area contributed by atoms with Crippen LogP contribution in [0.1, 0.15) is 89.5 Å². The van der Waals surface area contributed by atoms with E-state index in [0.29, 0.717) is 17.9 Å². The first-order valence-electron chi connectivity index (χ1n) is 10.7. The molecule has 158 valence electrons. The van der Waals surface area contributed by atoms with Crippen LogP contribution >= 0.6 is 0 Å². The van der Waals surface area contributed by atoms with Gasteiger partial charge in [-0.05, 0) is 30.2 Å². The minimum atomic E-state index is -0.0346. The van der Waals surface area contributed by atoms with E-state index in [4.69, 9.17) is 9.47 Å². The van der Waals surface area contributed by atoms with Crippen LogP contribution in [0.25, 0.3) is 0 Å². The fourth-order valence-corrected chi connectivity index (χ4v) is 3.12. The van der Waals surface area contributed by atoms with Crippen LogP contribution < -0.4 is 14.9 Å². The van der Waals surface area contributed by atoms with Crippen LogP contribution in [-0.4, -0.2) is 26.3 Å². The number of unbranched alkanes of at least 4 members (excludes halogenated alkanes) is 10. The summed E-state index contributed by atoms with van der Waals surface area (Å²) >= 11 is 0. The van der Waals surface area contributed by atoms with Crippen LogP contribution in [0, 0.1) is 0 Å². The minimum Gasteiger partial charge on any atom is -0.493 e. The maximum atomic E-state index is 11.8. The van der Waals surface area contributed by atoms with Crippen molar-refractivity contribution < 1.29 is 14.3 Å². The van der Waals surface area contributed by atoms with Crippen molar-refractivity contribution in [3.8, 4) is 11.5 Å². The van der Waals surface area contributed by atoms with Crippen molar-refractivity contribution in [2.45, 2.75) is 84.0 Å². The van der Waals surface area contributed by atoms with Crippen LogP contribution in [0.5, 0.6) is 11.5 Å². The van der Waals surface area contributed by atoms with E-state index in [0.717, 1.165) is 18.4 Å². The molecular formula is C23H38N2O3. The van der Waals surface area contributed by atoms with E-state index in [-0.39, 0.29) is 5.91 Å². The van der Waals surface area contributed by atoms with Gasteiger partial charge in [0.25, 0.3) is 0 Å². The average Bonchev–Trinajstić information content (AvgIpc) is 2.71. The highest BCUT2D eigenvalue weighted by Crippen LogP contribution is 2.26. The zero-order chi connectivity index (χ0) is 20.5. The van der Waals surface area contributed by atoms with Crippen molar-refractivity contribution in [1.82, 2.24) is 5.43 Å². The molecule has 1 aromatic rings. The zero-order valence-electron chi connectivity index (χ0n) is 18.0. The van der Waals surface area contributed by atoms with E-state index < -0.39 is 0 Å². The first kappa shape index (κ1) is 24.0. The Morgan fingerprint density at radius 3 is 2.04 bits per heavy atom. The molecule has 1 rings (SSSR count). The number of hydrazone groups is 1. The van der Waals surface area contributed by atoms with Crippen LogP contribution in [-0.2, 0) is 4.79 Å². The normalized spacial score (nSPS) is 11.0. The SMILES string of the molecule is CCCCCCCCCCCCCC(=O)NN=Cc1ccc(OC)c(OC)c1. The van der Waals surface area contributed by atoms with Gasteiger partial charge in [0.2, 0.25) is 5.91 Å². The lowest BCUT2D eigenvalue weighted by Crippen LogP contribution is -2.16. The van der Waals surface area contributed by atoms with Crippen molar-refractivity contribution in [2.24, 2.45) is 5.10 Å². The number of nitrogens with zero attached hydrogens (tertiary/aromatic N) is 1. The van der Waals surface area contributed by atoms with Gasteiger partial charge in [-0.1, -0.05) is 71.1 Å². The largest absolute Gasteiger partial charge is 0.493 e. The van der Waals surface area contributed by atoms with Crippen LogP contribution in [0.4, 0.5) is 0 Å². The summed E-state index contributed by atoms with van der Waals surface area (Å²) in [7, 11) is 3.19. The van der Waals surface area contributed by atoms with E-state index in [1.807, 2.05) is 18.2 Å². The highest BCUT2D eigenvalue weighted by atomic mass is 16.5. The van der Waals surface area contributed by atoms with Crippen molar-refractivity contribution >= 4 is 12.1 Å². The molecule has 1 N–H and O–H groups in total. The van der Waals surface area contributed by atoms with Gasteiger partial charge >= 0.3 is 0 Å². The molecule has 0 spiro atoms. The lowest BCUT2D eigenvalue weighted by atomic mass is 10.1. The van der Waals surface area contributed by atoms with Gasteiger partial charge in [0, 0.05) is 6.42 Å². The number of carbonyl (C=O) groups is 1. The Morgan fingerprint density at radius 2 is 1.46 bits per heavy atom. The smallest absolute Gasteiger partial charge is 0.240 e. The summed E-state index contributed by atoms with van der Waals surface area (Å²) in [6.07, 6.45) is 16.2. The summed E-state index contributed by atoms with van der Waals surface area (Å²) in [6.45, 7) is 2.25. The molecule has 0 aliphatic rings. The van der Waals surface area contributed by atoms with E-state index in [1.165, 1.54) is 57.8 Å². The van der Waals surface area contributed by atoms with Gasteiger partial charge in [0.05, 0.1) is 20.4 Å². The fraction of sp³-hybridized carbons (Fsp3) is 0.652. The van der Waals surface area contributed by atoms with E-state index in [9.17, 15) is 4.79 Å². The van der Waals surface area contributed by atoms with Crippen molar-refractivity contribution in [2.75, 3.05) is 14.2 Å². The second-order valence-corrected chi connectivity index (χ2v) is 7.19. The van der Waals surface area contributed by atoms with Gasteiger partial charge < -0.3 is 9.47 Å². The number of nitrogens with one attached hydrogen (secondary N) is 1. The molecular weight excluding hydrogens is 352 g/mol. The summed E-state index contributed by atoms with van der Waals surface area (Å²) in [5.74, 6) is 1.27. The van der Waals surface area contributed by atoms with E-state index in [2.05, 4.69) is 17.5 Å². The van der Waals surface area contributed by atoms with Crippen molar-refractivity contribution in [3.63, 3.8) is 0 Å². The molecule has 1 aromatic carbocycles. The predicted molar refractivity (Wildman–Crippen MR) is 116 cm³/mol. The molecule has 0 fully saturated rings. The second kappa shape index (κ2) is 16.0. The van der Waals surface area contributed by atoms with Crippen molar-refractivity contribution in [3.05, 3.63) is 23.8 Å². The quantitative estimate of drug-likeness (QED) is 0.219. The Labute approximate surface area is 170 Å². The van der Waals surface area contributed by atoms with Crippen LogP contribution in [0.15, 0.2) is 23.3 Å². The molecule has 1 amide bonds. The van der Waals surface area contributed by atoms with Gasteiger partial charge in [-0.2, -0.15) is 5.10 Å². The van der Waals surface area contributed by atoms with Gasteiger partial charge in [-0.15, -0.1) is 0 Å². The van der Waals surface area contributed by atoms with E-state index >= 15 is 0 Å². The third-order valence-corrected chi connectivity index (χ3v) is 4.82. The Kier molecular flexibility index (Phi) is 13.7. The standard InChI is InChI=1S/C23H38N2O3/c1-4-5-6-7-8-9-10-11-12-13-14-15-23(26)25-24-19-20-16-17-21(27-2)22(18-20)28-3/h16-19H,4-15H2,1-3H3,(H,25,26). The maximum absolute atomic E-state index is 11.8. The monoisotopic (exact) mass is 390 g/mol. The predicted octanol–water partition coefficient (Wildman–Crippen LogP) is 5.86. The van der Waals surface area contributed by atoms with Crippen LogP contribution in [0.2, 0.25) is 0 Å². The summed E-state index contributed by atoms with van der Waals surface area (Å²) in [5.41, 5.74) is 3.43. The maximum Gasteiger partial charge on any atom is 0.240 e. The second-order valence-electron chi connectivity index (χ2n) is 7.19. The van der Waals surface area contributed by atoms with Gasteiger partial charge in [-0.3, -0.25) is 4.79 Å².